The zero-order valence-electron chi connectivity index (χ0n) is 12.1. The fourth-order valence-corrected chi connectivity index (χ4v) is 2.63. The highest BCUT2D eigenvalue weighted by Crippen LogP contribution is 2.37. The minimum absolute atomic E-state index is 0.392. The highest BCUT2D eigenvalue weighted by molar-refractivity contribution is 5.43. The molecule has 0 aliphatic heterocycles. The van der Waals surface area contributed by atoms with Gasteiger partial charge in [-0.15, -0.1) is 0 Å². The van der Waals surface area contributed by atoms with Gasteiger partial charge in [-0.3, -0.25) is 0 Å². The van der Waals surface area contributed by atoms with Crippen LogP contribution in [0.4, 0.5) is 0 Å². The molecule has 2 aromatic rings. The predicted octanol–water partition coefficient (Wildman–Crippen LogP) is 2.91. The average molecular weight is 267 g/mol. The first-order valence-corrected chi connectivity index (χ1v) is 7.33. The van der Waals surface area contributed by atoms with Gasteiger partial charge in [-0.25, -0.2) is 9.97 Å². The molecule has 0 saturated heterocycles. The molecule has 1 N–H and O–H groups in total. The number of nitrogens with one attached hydrogen (secondary N) is 1. The van der Waals surface area contributed by atoms with E-state index in [1.54, 1.807) is 0 Å². The van der Waals surface area contributed by atoms with Crippen molar-refractivity contribution in [2.24, 2.45) is 5.92 Å². The van der Waals surface area contributed by atoms with E-state index in [1.165, 1.54) is 11.1 Å². The Bertz CT molecular complexity index is 575. The van der Waals surface area contributed by atoms with Crippen molar-refractivity contribution < 1.29 is 0 Å². The van der Waals surface area contributed by atoms with E-state index in [4.69, 9.17) is 0 Å². The average Bonchev–Trinajstić information content (AvgIpc) is 2.41. The Morgan fingerprint density at radius 3 is 2.65 bits per heavy atom. The molecule has 0 bridgehead atoms. The van der Waals surface area contributed by atoms with E-state index in [9.17, 15) is 0 Å². The highest BCUT2D eigenvalue weighted by atomic mass is 14.9. The molecule has 1 aliphatic carbocycles. The predicted molar refractivity (Wildman–Crippen MR) is 80.6 cm³/mol. The number of fused-ring (bicyclic) bond motifs is 1. The van der Waals surface area contributed by atoms with Crippen molar-refractivity contribution in [2.45, 2.75) is 32.7 Å². The largest absolute Gasteiger partial charge is 0.312 e. The van der Waals surface area contributed by atoms with Crippen molar-refractivity contribution in [2.75, 3.05) is 6.54 Å². The van der Waals surface area contributed by atoms with E-state index in [0.717, 1.165) is 30.9 Å². The van der Waals surface area contributed by atoms with Crippen LogP contribution in [0.2, 0.25) is 0 Å². The minimum atomic E-state index is 0.392. The van der Waals surface area contributed by atoms with E-state index in [-0.39, 0.29) is 0 Å². The zero-order valence-corrected chi connectivity index (χ0v) is 12.1. The van der Waals surface area contributed by atoms with Crippen LogP contribution in [0, 0.1) is 5.92 Å². The monoisotopic (exact) mass is 267 g/mol. The lowest BCUT2D eigenvalue weighted by molar-refractivity contribution is 0.550. The Balaban J connectivity index is 1.63. The van der Waals surface area contributed by atoms with Gasteiger partial charge in [0.25, 0.3) is 0 Å². The number of nitrogens with zero attached hydrogens (tertiary/aromatic N) is 2. The van der Waals surface area contributed by atoms with Gasteiger partial charge in [0.15, 0.2) is 0 Å². The van der Waals surface area contributed by atoms with Gasteiger partial charge in [0.2, 0.25) is 0 Å². The van der Waals surface area contributed by atoms with Gasteiger partial charge in [-0.2, -0.15) is 0 Å². The molecule has 0 radical (unpaired) electrons. The van der Waals surface area contributed by atoms with E-state index in [1.807, 2.05) is 12.4 Å². The molecular formula is C17H21N3. The molecule has 1 aromatic heterocycles. The lowest BCUT2D eigenvalue weighted by Crippen LogP contribution is -2.21. The lowest BCUT2D eigenvalue weighted by atomic mass is 9.77. The summed E-state index contributed by atoms with van der Waals surface area (Å²) in [6.45, 7) is 6.29. The Morgan fingerprint density at radius 2 is 1.95 bits per heavy atom. The summed E-state index contributed by atoms with van der Waals surface area (Å²) in [6.07, 6.45) is 4.98. The first kappa shape index (κ1) is 13.3. The van der Waals surface area contributed by atoms with Crippen LogP contribution >= 0.6 is 0 Å². The second-order valence-electron chi connectivity index (χ2n) is 5.93. The summed E-state index contributed by atoms with van der Waals surface area (Å²) in [7, 11) is 0. The summed E-state index contributed by atoms with van der Waals surface area (Å²) < 4.78 is 0. The third kappa shape index (κ3) is 2.73. The molecule has 3 heteroatoms. The van der Waals surface area contributed by atoms with E-state index >= 15 is 0 Å². The van der Waals surface area contributed by atoms with Crippen molar-refractivity contribution in [3.63, 3.8) is 0 Å². The third-order valence-corrected chi connectivity index (χ3v) is 3.77. The van der Waals surface area contributed by atoms with Crippen molar-refractivity contribution in [1.82, 2.24) is 15.3 Å². The van der Waals surface area contributed by atoms with Crippen molar-refractivity contribution in [1.29, 1.82) is 0 Å². The summed E-state index contributed by atoms with van der Waals surface area (Å²) in [6, 6.07) is 8.57. The Kier molecular flexibility index (Phi) is 3.79. The lowest BCUT2D eigenvalue weighted by Gasteiger charge is -2.28. The Hall–Kier alpha value is -1.74. The molecule has 0 fully saturated rings. The summed E-state index contributed by atoms with van der Waals surface area (Å²) in [5, 5.41) is 3.41. The fraction of sp³-hybridized carbons (Fsp3) is 0.412. The quantitative estimate of drug-likeness (QED) is 0.905. The molecule has 104 valence electrons. The number of rotatable bonds is 5. The SMILES string of the molecule is CC(C)CNCc1cnc(C2Cc3ccccc32)nc1. The van der Waals surface area contributed by atoms with Crippen LogP contribution < -0.4 is 5.32 Å². The highest BCUT2D eigenvalue weighted by Gasteiger charge is 2.28. The molecule has 1 heterocycles. The summed E-state index contributed by atoms with van der Waals surface area (Å²) in [4.78, 5) is 9.09. The molecule has 20 heavy (non-hydrogen) atoms. The van der Waals surface area contributed by atoms with Gasteiger partial charge in [-0.05, 0) is 30.0 Å². The van der Waals surface area contributed by atoms with Gasteiger partial charge in [0.05, 0.1) is 0 Å². The maximum atomic E-state index is 4.55. The molecule has 0 saturated carbocycles. The normalized spacial score (nSPS) is 16.9. The first-order valence-electron chi connectivity index (χ1n) is 7.33. The summed E-state index contributed by atoms with van der Waals surface area (Å²) >= 11 is 0. The van der Waals surface area contributed by atoms with Crippen LogP contribution in [0.5, 0.6) is 0 Å². The summed E-state index contributed by atoms with van der Waals surface area (Å²) in [5.74, 6) is 2.02. The molecule has 0 spiro atoms. The maximum absolute atomic E-state index is 4.55. The molecular weight excluding hydrogens is 246 g/mol. The van der Waals surface area contributed by atoms with Gasteiger partial charge in [0, 0.05) is 30.4 Å². The van der Waals surface area contributed by atoms with E-state index in [0.29, 0.717) is 11.8 Å². The smallest absolute Gasteiger partial charge is 0.136 e. The number of hydrogen-bond acceptors (Lipinski definition) is 3. The first-order chi connectivity index (χ1) is 9.74. The van der Waals surface area contributed by atoms with Crippen LogP contribution in [-0.4, -0.2) is 16.5 Å². The van der Waals surface area contributed by atoms with Crippen molar-refractivity contribution in [3.05, 3.63) is 59.2 Å². The Morgan fingerprint density at radius 1 is 1.20 bits per heavy atom. The summed E-state index contributed by atoms with van der Waals surface area (Å²) in [5.41, 5.74) is 3.98. The zero-order chi connectivity index (χ0) is 13.9. The van der Waals surface area contributed by atoms with Gasteiger partial charge in [0.1, 0.15) is 5.82 Å². The molecule has 1 aliphatic rings. The van der Waals surface area contributed by atoms with E-state index in [2.05, 4.69) is 53.4 Å². The molecule has 3 rings (SSSR count). The standard InChI is InChI=1S/C17H21N3/c1-12(2)8-18-9-13-10-19-17(20-11-13)16-7-14-5-3-4-6-15(14)16/h3-6,10-12,16,18H,7-9H2,1-2H3. The van der Waals surface area contributed by atoms with Crippen LogP contribution in [-0.2, 0) is 13.0 Å². The maximum Gasteiger partial charge on any atom is 0.136 e. The molecule has 1 atom stereocenters. The topological polar surface area (TPSA) is 37.8 Å². The third-order valence-electron chi connectivity index (χ3n) is 3.77. The van der Waals surface area contributed by atoms with E-state index < -0.39 is 0 Å². The van der Waals surface area contributed by atoms with Crippen molar-refractivity contribution in [3.8, 4) is 0 Å². The van der Waals surface area contributed by atoms with Gasteiger partial charge < -0.3 is 5.32 Å². The molecule has 3 nitrogen and oxygen atoms in total. The van der Waals surface area contributed by atoms with Crippen LogP contribution in [0.25, 0.3) is 0 Å². The van der Waals surface area contributed by atoms with Crippen LogP contribution in [0.15, 0.2) is 36.7 Å². The van der Waals surface area contributed by atoms with Crippen LogP contribution in [0.1, 0.15) is 42.3 Å². The van der Waals surface area contributed by atoms with Gasteiger partial charge >= 0.3 is 0 Å². The fourth-order valence-electron chi connectivity index (χ4n) is 2.63. The molecule has 1 unspecified atom stereocenters. The van der Waals surface area contributed by atoms with Crippen LogP contribution in [0.3, 0.4) is 0 Å². The minimum Gasteiger partial charge on any atom is -0.312 e. The number of hydrogen-bond donors (Lipinski definition) is 1. The van der Waals surface area contributed by atoms with Crippen molar-refractivity contribution >= 4 is 0 Å². The van der Waals surface area contributed by atoms with Gasteiger partial charge in [-0.1, -0.05) is 38.1 Å². The second-order valence-corrected chi connectivity index (χ2v) is 5.93. The molecule has 0 amide bonds. The Labute approximate surface area is 120 Å². The number of aromatic nitrogens is 2. The number of benzene rings is 1. The molecule has 1 aromatic carbocycles. The second kappa shape index (κ2) is 5.71.